The molecule has 8 nitrogen and oxygen atoms in total. The van der Waals surface area contributed by atoms with Gasteiger partial charge in [0.25, 0.3) is 11.7 Å². The van der Waals surface area contributed by atoms with E-state index in [1.807, 2.05) is 0 Å². The maximum absolute atomic E-state index is 13.5. The van der Waals surface area contributed by atoms with Crippen molar-refractivity contribution in [2.24, 2.45) is 0 Å². The van der Waals surface area contributed by atoms with E-state index in [2.05, 4.69) is 5.32 Å². The second-order valence-electron chi connectivity index (χ2n) is 8.95. The van der Waals surface area contributed by atoms with Crippen LogP contribution in [-0.2, 0) is 20.8 Å². The van der Waals surface area contributed by atoms with E-state index >= 15 is 0 Å². The molecule has 1 atom stereocenters. The van der Waals surface area contributed by atoms with Gasteiger partial charge in [-0.25, -0.2) is 0 Å². The molecule has 2 aliphatic rings. The van der Waals surface area contributed by atoms with Gasteiger partial charge in [-0.05, 0) is 72.5 Å². The summed E-state index contributed by atoms with van der Waals surface area (Å²) in [6, 6.07) is 18.1. The van der Waals surface area contributed by atoms with Crippen molar-refractivity contribution >= 4 is 34.7 Å². The molecule has 8 heteroatoms. The van der Waals surface area contributed by atoms with Crippen molar-refractivity contribution in [3.63, 3.8) is 0 Å². The van der Waals surface area contributed by atoms with Gasteiger partial charge in [0.2, 0.25) is 5.91 Å². The van der Waals surface area contributed by atoms with E-state index in [9.17, 15) is 19.5 Å². The third-order valence-electron chi connectivity index (χ3n) is 6.48. The van der Waals surface area contributed by atoms with E-state index in [1.165, 1.54) is 18.9 Å². The van der Waals surface area contributed by atoms with Crippen LogP contribution in [0, 0.1) is 0 Å². The molecule has 0 bridgehead atoms. The molecular weight excluding hydrogens is 472 g/mol. The minimum Gasteiger partial charge on any atom is -0.507 e. The highest BCUT2D eigenvalue weighted by Gasteiger charge is 2.47. The van der Waals surface area contributed by atoms with Gasteiger partial charge in [0.15, 0.2) is 0 Å². The number of carbonyl (C=O) groups is 3. The molecule has 3 aromatic carbocycles. The molecule has 188 valence electrons. The van der Waals surface area contributed by atoms with Crippen molar-refractivity contribution < 1.29 is 29.0 Å². The van der Waals surface area contributed by atoms with Gasteiger partial charge in [-0.15, -0.1) is 0 Å². The first-order chi connectivity index (χ1) is 17.9. The smallest absolute Gasteiger partial charge is 0.300 e. The molecule has 37 heavy (non-hydrogen) atoms. The average Bonchev–Trinajstić information content (AvgIpc) is 3.18. The Bertz CT molecular complexity index is 1440. The summed E-state index contributed by atoms with van der Waals surface area (Å²) in [5.41, 5.74) is 2.81. The highest BCUT2D eigenvalue weighted by atomic mass is 16.5. The first kappa shape index (κ1) is 24.1. The monoisotopic (exact) mass is 498 g/mol. The van der Waals surface area contributed by atoms with Crippen LogP contribution in [-0.4, -0.2) is 36.4 Å². The lowest BCUT2D eigenvalue weighted by molar-refractivity contribution is -0.132. The molecule has 1 saturated heterocycles. The Hall–Kier alpha value is -4.59. The van der Waals surface area contributed by atoms with Crippen molar-refractivity contribution in [3.05, 3.63) is 89.0 Å². The Labute approximate surface area is 214 Å². The number of nitrogens with one attached hydrogen (secondary N) is 1. The van der Waals surface area contributed by atoms with Crippen LogP contribution in [0.25, 0.3) is 5.76 Å². The summed E-state index contributed by atoms with van der Waals surface area (Å²) in [5, 5.41) is 14.2. The first-order valence-electron chi connectivity index (χ1n) is 12.0. The van der Waals surface area contributed by atoms with Crippen molar-refractivity contribution in [1.82, 2.24) is 0 Å². The summed E-state index contributed by atoms with van der Waals surface area (Å²) in [6.45, 7) is 2.02. The molecule has 1 fully saturated rings. The lowest BCUT2D eigenvalue weighted by atomic mass is 9.93. The lowest BCUT2D eigenvalue weighted by Gasteiger charge is -2.26. The summed E-state index contributed by atoms with van der Waals surface area (Å²) in [6.07, 6.45) is 1.65. The zero-order valence-corrected chi connectivity index (χ0v) is 20.5. The maximum atomic E-state index is 13.5. The van der Waals surface area contributed by atoms with Crippen LogP contribution in [0.1, 0.15) is 36.1 Å². The van der Waals surface area contributed by atoms with Gasteiger partial charge < -0.3 is 19.9 Å². The van der Waals surface area contributed by atoms with Gasteiger partial charge in [0.05, 0.1) is 25.3 Å². The van der Waals surface area contributed by atoms with Gasteiger partial charge in [-0.3, -0.25) is 19.3 Å². The zero-order chi connectivity index (χ0) is 26.1. The molecule has 2 N–H and O–H groups in total. The fourth-order valence-corrected chi connectivity index (χ4v) is 4.83. The number of carbonyl (C=O) groups excluding carboxylic acids is 3. The van der Waals surface area contributed by atoms with Crippen LogP contribution in [0.3, 0.4) is 0 Å². The van der Waals surface area contributed by atoms with Crippen LogP contribution in [0.15, 0.2) is 72.3 Å². The minimum atomic E-state index is -0.921. The Balaban J connectivity index is 1.68. The van der Waals surface area contributed by atoms with Crippen LogP contribution < -0.4 is 19.7 Å². The SMILES string of the molecule is COc1cccc(C2/C(=C(/O)c3ccc4c(c3)CCCO4)C(=O)C(=O)N2c2cccc(NC(C)=O)c2)c1. The Kier molecular flexibility index (Phi) is 6.40. The number of ether oxygens (including phenoxy) is 2. The highest BCUT2D eigenvalue weighted by Crippen LogP contribution is 2.43. The molecule has 0 saturated carbocycles. The Morgan fingerprint density at radius 3 is 2.68 bits per heavy atom. The third kappa shape index (κ3) is 4.53. The number of aliphatic hydroxyl groups excluding tert-OH is 1. The number of rotatable bonds is 5. The zero-order valence-electron chi connectivity index (χ0n) is 20.5. The summed E-state index contributed by atoms with van der Waals surface area (Å²) in [7, 11) is 1.53. The predicted octanol–water partition coefficient (Wildman–Crippen LogP) is 4.60. The molecule has 2 aliphatic heterocycles. The molecule has 0 radical (unpaired) electrons. The van der Waals surface area contributed by atoms with Gasteiger partial charge >= 0.3 is 0 Å². The van der Waals surface area contributed by atoms with Crippen molar-refractivity contribution in [1.29, 1.82) is 0 Å². The predicted molar refractivity (Wildman–Crippen MR) is 139 cm³/mol. The maximum Gasteiger partial charge on any atom is 0.300 e. The Morgan fingerprint density at radius 2 is 1.89 bits per heavy atom. The summed E-state index contributed by atoms with van der Waals surface area (Å²) in [4.78, 5) is 39.9. The number of benzene rings is 3. The molecular formula is C29H26N2O6. The van der Waals surface area contributed by atoms with Gasteiger partial charge in [0, 0.05) is 23.9 Å². The van der Waals surface area contributed by atoms with E-state index in [0.29, 0.717) is 34.9 Å². The molecule has 2 amide bonds. The topological polar surface area (TPSA) is 105 Å². The van der Waals surface area contributed by atoms with Crippen molar-refractivity contribution in [2.75, 3.05) is 23.9 Å². The molecule has 0 aromatic heterocycles. The van der Waals surface area contributed by atoms with Gasteiger partial charge in [0.1, 0.15) is 17.3 Å². The second kappa shape index (κ2) is 9.81. The lowest BCUT2D eigenvalue weighted by Crippen LogP contribution is -2.29. The number of fused-ring (bicyclic) bond motifs is 1. The fourth-order valence-electron chi connectivity index (χ4n) is 4.83. The molecule has 5 rings (SSSR count). The first-order valence-corrected chi connectivity index (χ1v) is 12.0. The largest absolute Gasteiger partial charge is 0.507 e. The molecule has 1 unspecified atom stereocenters. The van der Waals surface area contributed by atoms with Gasteiger partial charge in [-0.1, -0.05) is 18.2 Å². The van der Waals surface area contributed by atoms with E-state index in [0.717, 1.165) is 24.2 Å². The van der Waals surface area contributed by atoms with E-state index in [4.69, 9.17) is 9.47 Å². The number of hydrogen-bond acceptors (Lipinski definition) is 6. The second-order valence-corrected chi connectivity index (χ2v) is 8.95. The summed E-state index contributed by atoms with van der Waals surface area (Å²) >= 11 is 0. The number of aryl methyl sites for hydroxylation is 1. The van der Waals surface area contributed by atoms with E-state index in [1.54, 1.807) is 66.7 Å². The van der Waals surface area contributed by atoms with Crippen LogP contribution in [0.4, 0.5) is 11.4 Å². The van der Waals surface area contributed by atoms with Crippen molar-refractivity contribution in [3.8, 4) is 11.5 Å². The number of hydrogen-bond donors (Lipinski definition) is 2. The Morgan fingerprint density at radius 1 is 1.08 bits per heavy atom. The fraction of sp³-hybridized carbons (Fsp3) is 0.207. The highest BCUT2D eigenvalue weighted by molar-refractivity contribution is 6.51. The molecule has 0 aliphatic carbocycles. The summed E-state index contributed by atoms with van der Waals surface area (Å²) < 4.78 is 11.1. The number of ketones is 1. The van der Waals surface area contributed by atoms with Crippen LogP contribution in [0.2, 0.25) is 0 Å². The number of anilines is 2. The van der Waals surface area contributed by atoms with E-state index < -0.39 is 17.7 Å². The number of Topliss-reactive ketones (excluding diaryl/α,β-unsaturated/α-hetero) is 1. The number of nitrogens with zero attached hydrogens (tertiary/aromatic N) is 1. The van der Waals surface area contributed by atoms with Crippen LogP contribution in [0.5, 0.6) is 11.5 Å². The number of methoxy groups -OCH3 is 1. The molecule has 3 aromatic rings. The standard InChI is InChI=1S/C29H26N2O6/c1-17(32)30-21-8-4-9-22(16-21)31-26(19-6-3-10-23(15-19)36-2)25(28(34)29(31)35)27(33)20-11-12-24-18(14-20)7-5-13-37-24/h3-4,6,8-12,14-16,26,33H,5,7,13H2,1-2H3,(H,30,32)/b27-25-. The quantitative estimate of drug-likeness (QED) is 0.303. The number of aliphatic hydroxyl groups is 1. The molecule has 0 spiro atoms. The van der Waals surface area contributed by atoms with Crippen molar-refractivity contribution in [2.45, 2.75) is 25.8 Å². The summed E-state index contributed by atoms with van der Waals surface area (Å²) in [5.74, 6) is -0.816. The average molecular weight is 499 g/mol. The molecule has 2 heterocycles. The minimum absolute atomic E-state index is 0.0279. The van der Waals surface area contributed by atoms with Crippen LogP contribution >= 0.6 is 0 Å². The normalized spacial score (nSPS) is 18.2. The number of amides is 2. The van der Waals surface area contributed by atoms with Gasteiger partial charge in [-0.2, -0.15) is 0 Å². The van der Waals surface area contributed by atoms with E-state index in [-0.39, 0.29) is 17.2 Å². The third-order valence-corrected chi connectivity index (χ3v) is 6.48.